The van der Waals surface area contributed by atoms with Crippen LogP contribution in [0.15, 0.2) is 6.33 Å². The Morgan fingerprint density at radius 1 is 1.76 bits per heavy atom. The number of nitrogens with one attached hydrogen (secondary N) is 1. The number of carbonyl (C=O) groups is 1. The third kappa shape index (κ3) is 2.58. The summed E-state index contributed by atoms with van der Waals surface area (Å²) in [5, 5.41) is 12.5. The lowest BCUT2D eigenvalue weighted by Gasteiger charge is -2.11. The Morgan fingerprint density at radius 2 is 2.59 bits per heavy atom. The number of ether oxygens (including phenoxy) is 1. The molecule has 0 aromatic carbocycles. The first-order valence-electron chi connectivity index (χ1n) is 5.18. The van der Waals surface area contributed by atoms with Gasteiger partial charge in [-0.1, -0.05) is 0 Å². The number of carbonyl (C=O) groups excluding carboxylic acids is 1. The summed E-state index contributed by atoms with van der Waals surface area (Å²) >= 11 is 0. The second-order valence-corrected chi connectivity index (χ2v) is 3.73. The van der Waals surface area contributed by atoms with Gasteiger partial charge in [0.1, 0.15) is 18.5 Å². The van der Waals surface area contributed by atoms with Crippen LogP contribution >= 0.6 is 0 Å². The minimum Gasteiger partial charge on any atom is -0.363 e. The van der Waals surface area contributed by atoms with Gasteiger partial charge in [0, 0.05) is 0 Å². The van der Waals surface area contributed by atoms with Gasteiger partial charge in [-0.25, -0.2) is 15.5 Å². The molecule has 2 heterocycles. The highest BCUT2D eigenvalue weighted by Crippen LogP contribution is 2.20. The Bertz CT molecular complexity index is 451. The van der Waals surface area contributed by atoms with E-state index in [0.717, 1.165) is 6.42 Å². The molecule has 1 amide bonds. The van der Waals surface area contributed by atoms with Gasteiger partial charge in [0.25, 0.3) is 11.7 Å². The van der Waals surface area contributed by atoms with Crippen LogP contribution in [-0.4, -0.2) is 32.9 Å². The molecule has 0 bridgehead atoms. The molecule has 90 valence electrons. The van der Waals surface area contributed by atoms with Gasteiger partial charge in [0.15, 0.2) is 0 Å². The highest BCUT2D eigenvalue weighted by Gasteiger charge is 2.30. The number of rotatable bonds is 3. The fourth-order valence-corrected chi connectivity index (χ4v) is 1.77. The van der Waals surface area contributed by atoms with Gasteiger partial charge in [0.2, 0.25) is 0 Å². The van der Waals surface area contributed by atoms with Gasteiger partial charge in [0.05, 0.1) is 12.6 Å². The van der Waals surface area contributed by atoms with E-state index in [1.807, 2.05) is 6.07 Å². The van der Waals surface area contributed by atoms with Crippen LogP contribution in [-0.2, 0) is 16.1 Å². The first kappa shape index (κ1) is 11.5. The maximum Gasteiger partial charge on any atom is 0.263 e. The summed E-state index contributed by atoms with van der Waals surface area (Å²) in [6.45, 7) is 0.475. The van der Waals surface area contributed by atoms with E-state index in [1.165, 1.54) is 11.0 Å². The van der Waals surface area contributed by atoms with Gasteiger partial charge in [-0.15, -0.1) is 5.10 Å². The molecule has 1 aliphatic rings. The Balaban J connectivity index is 1.89. The lowest BCUT2D eigenvalue weighted by atomic mass is 10.2. The highest BCUT2D eigenvalue weighted by molar-refractivity contribution is 5.80. The SMILES string of the molecule is N#Cc1ncn(CC2CCC(C(=O)NN)O2)n1. The zero-order valence-corrected chi connectivity index (χ0v) is 9.04. The van der Waals surface area contributed by atoms with Crippen LogP contribution in [0.3, 0.4) is 0 Å². The fourth-order valence-electron chi connectivity index (χ4n) is 1.77. The highest BCUT2D eigenvalue weighted by atomic mass is 16.5. The molecule has 2 rings (SSSR count). The molecule has 0 saturated carbocycles. The Kier molecular flexibility index (Phi) is 3.32. The molecule has 3 N–H and O–H groups in total. The van der Waals surface area contributed by atoms with E-state index in [-0.39, 0.29) is 17.8 Å². The van der Waals surface area contributed by atoms with Crippen molar-refractivity contribution >= 4 is 5.91 Å². The van der Waals surface area contributed by atoms with Gasteiger partial charge < -0.3 is 4.74 Å². The summed E-state index contributed by atoms with van der Waals surface area (Å²) < 4.78 is 7.03. The van der Waals surface area contributed by atoms with Crippen molar-refractivity contribution in [2.75, 3.05) is 0 Å². The van der Waals surface area contributed by atoms with E-state index in [9.17, 15) is 4.79 Å². The molecule has 1 aliphatic heterocycles. The predicted molar refractivity (Wildman–Crippen MR) is 55.0 cm³/mol. The van der Waals surface area contributed by atoms with Crippen molar-refractivity contribution in [3.8, 4) is 6.07 Å². The minimum absolute atomic E-state index is 0.106. The summed E-state index contributed by atoms with van der Waals surface area (Å²) in [6.07, 6.45) is 2.25. The molecular weight excluding hydrogens is 224 g/mol. The number of hydrogen-bond donors (Lipinski definition) is 2. The van der Waals surface area contributed by atoms with E-state index in [0.29, 0.717) is 13.0 Å². The summed E-state index contributed by atoms with van der Waals surface area (Å²) in [5.41, 5.74) is 2.06. The van der Waals surface area contributed by atoms with Crippen molar-refractivity contribution in [3.05, 3.63) is 12.2 Å². The number of hydrogen-bond acceptors (Lipinski definition) is 6. The van der Waals surface area contributed by atoms with E-state index >= 15 is 0 Å². The molecule has 8 heteroatoms. The first-order valence-corrected chi connectivity index (χ1v) is 5.18. The number of nitrogens with zero attached hydrogens (tertiary/aromatic N) is 4. The van der Waals surface area contributed by atoms with Crippen LogP contribution in [0.4, 0.5) is 0 Å². The van der Waals surface area contributed by atoms with Crippen molar-refractivity contribution in [3.63, 3.8) is 0 Å². The molecule has 17 heavy (non-hydrogen) atoms. The second kappa shape index (κ2) is 4.90. The number of hydrazine groups is 1. The average molecular weight is 236 g/mol. The molecule has 0 radical (unpaired) electrons. The number of aromatic nitrogens is 3. The zero-order valence-electron chi connectivity index (χ0n) is 9.04. The summed E-state index contributed by atoms with van der Waals surface area (Å²) in [6, 6.07) is 1.84. The van der Waals surface area contributed by atoms with Crippen molar-refractivity contribution in [1.29, 1.82) is 5.26 Å². The van der Waals surface area contributed by atoms with Crippen molar-refractivity contribution < 1.29 is 9.53 Å². The zero-order chi connectivity index (χ0) is 12.3. The molecule has 2 unspecified atom stereocenters. The Morgan fingerprint density at radius 3 is 3.24 bits per heavy atom. The molecule has 0 spiro atoms. The molecule has 8 nitrogen and oxygen atoms in total. The van der Waals surface area contributed by atoms with Crippen molar-refractivity contribution in [2.45, 2.75) is 31.6 Å². The molecule has 1 aromatic heterocycles. The quantitative estimate of drug-likeness (QED) is 0.382. The summed E-state index contributed by atoms with van der Waals surface area (Å²) in [4.78, 5) is 15.0. The third-order valence-electron chi connectivity index (χ3n) is 2.57. The minimum atomic E-state index is -0.496. The lowest BCUT2D eigenvalue weighted by molar-refractivity contribution is -0.132. The Labute approximate surface area is 97.3 Å². The Hall–Kier alpha value is -1.98. The maximum atomic E-state index is 11.2. The van der Waals surface area contributed by atoms with Gasteiger partial charge in [-0.05, 0) is 12.8 Å². The average Bonchev–Trinajstić information content (AvgIpc) is 2.97. The molecule has 1 aromatic rings. The fraction of sp³-hybridized carbons (Fsp3) is 0.556. The van der Waals surface area contributed by atoms with Crippen LogP contribution in [0.5, 0.6) is 0 Å². The lowest BCUT2D eigenvalue weighted by Crippen LogP contribution is -2.39. The first-order chi connectivity index (χ1) is 8.22. The predicted octanol–water partition coefficient (Wildman–Crippen LogP) is -1.31. The van der Waals surface area contributed by atoms with E-state index in [4.69, 9.17) is 15.8 Å². The largest absolute Gasteiger partial charge is 0.363 e. The van der Waals surface area contributed by atoms with Crippen molar-refractivity contribution in [1.82, 2.24) is 20.2 Å². The smallest absolute Gasteiger partial charge is 0.263 e. The van der Waals surface area contributed by atoms with Crippen LogP contribution in [0.2, 0.25) is 0 Å². The van der Waals surface area contributed by atoms with Crippen molar-refractivity contribution in [2.24, 2.45) is 5.84 Å². The van der Waals surface area contributed by atoms with E-state index < -0.39 is 6.10 Å². The topological polar surface area (TPSA) is 119 Å². The van der Waals surface area contributed by atoms with Gasteiger partial charge >= 0.3 is 0 Å². The number of amides is 1. The molecule has 0 aliphatic carbocycles. The van der Waals surface area contributed by atoms with E-state index in [1.54, 1.807) is 0 Å². The molecular formula is C9H12N6O2. The summed E-state index contributed by atoms with van der Waals surface area (Å²) in [7, 11) is 0. The number of nitrogens with two attached hydrogens (primary N) is 1. The van der Waals surface area contributed by atoms with Gasteiger partial charge in [-0.3, -0.25) is 10.2 Å². The third-order valence-corrected chi connectivity index (χ3v) is 2.57. The molecule has 1 fully saturated rings. The molecule has 1 saturated heterocycles. The van der Waals surface area contributed by atoms with Gasteiger partial charge in [-0.2, -0.15) is 5.26 Å². The monoisotopic (exact) mass is 236 g/mol. The maximum absolute atomic E-state index is 11.2. The van der Waals surface area contributed by atoms with Crippen LogP contribution in [0, 0.1) is 11.3 Å². The van der Waals surface area contributed by atoms with Crippen LogP contribution < -0.4 is 11.3 Å². The number of nitriles is 1. The van der Waals surface area contributed by atoms with Crippen LogP contribution in [0.1, 0.15) is 18.7 Å². The normalized spacial score (nSPS) is 23.3. The summed E-state index contributed by atoms with van der Waals surface area (Å²) in [5.74, 6) is 4.84. The molecule has 2 atom stereocenters. The second-order valence-electron chi connectivity index (χ2n) is 3.73. The van der Waals surface area contributed by atoms with Crippen LogP contribution in [0.25, 0.3) is 0 Å². The standard InChI is InChI=1S/C9H12N6O2/c10-3-8-12-5-15(14-8)4-6-1-2-7(17-6)9(16)13-11/h5-7H,1-2,4,11H2,(H,13,16). The van der Waals surface area contributed by atoms with E-state index in [2.05, 4.69) is 15.5 Å².